The number of rotatable bonds is 0. The van der Waals surface area contributed by atoms with Gasteiger partial charge in [0.25, 0.3) is 0 Å². The number of hydrogen-bond acceptors (Lipinski definition) is 0. The van der Waals surface area contributed by atoms with E-state index in [1.165, 1.54) is 65.7 Å². The molecule has 0 bridgehead atoms. The highest BCUT2D eigenvalue weighted by molar-refractivity contribution is 5.88. The van der Waals surface area contributed by atoms with Crippen LogP contribution in [0.5, 0.6) is 0 Å². The Morgan fingerprint density at radius 3 is 0.944 bits per heavy atom. The zero-order valence-corrected chi connectivity index (χ0v) is 37.4. The minimum Gasteiger partial charge on any atom is -0.0616 e. The third-order valence-corrected chi connectivity index (χ3v) is 10.6. The van der Waals surface area contributed by atoms with Gasteiger partial charge in [-0.3, -0.25) is 0 Å². The van der Waals surface area contributed by atoms with Crippen LogP contribution in [0.4, 0.5) is 0 Å². The average Bonchev–Trinajstić information content (AvgIpc) is 3.05. The monoisotopic (exact) mass is 721 g/mol. The highest BCUT2D eigenvalue weighted by Gasteiger charge is 2.27. The van der Waals surface area contributed by atoms with Crippen LogP contribution >= 0.6 is 0 Å². The molecule has 0 heterocycles. The maximum Gasteiger partial charge on any atom is -0.0123 e. The largest absolute Gasteiger partial charge is 0.0616 e. The predicted molar refractivity (Wildman–Crippen MR) is 244 cm³/mol. The van der Waals surface area contributed by atoms with Gasteiger partial charge in [-0.25, -0.2) is 0 Å². The van der Waals surface area contributed by atoms with E-state index in [1.54, 1.807) is 0 Å². The number of fused-ring (bicyclic) bond motifs is 3. The van der Waals surface area contributed by atoms with Crippen molar-refractivity contribution < 1.29 is 0 Å². The number of benzene rings is 6. The summed E-state index contributed by atoms with van der Waals surface area (Å²) in [4.78, 5) is 0. The van der Waals surface area contributed by atoms with Crippen LogP contribution in [0.1, 0.15) is 158 Å². The van der Waals surface area contributed by atoms with E-state index in [2.05, 4.69) is 234 Å². The molecule has 6 rings (SSSR count). The molecule has 0 N–H and O–H groups in total. The Morgan fingerprint density at radius 2 is 0.593 bits per heavy atom. The van der Waals surface area contributed by atoms with Gasteiger partial charge in [0.2, 0.25) is 0 Å². The zero-order chi connectivity index (χ0) is 40.7. The molecule has 0 unspecified atom stereocenters. The summed E-state index contributed by atoms with van der Waals surface area (Å²) in [5.41, 5.74) is 9.79. The van der Waals surface area contributed by atoms with Crippen LogP contribution in [0.15, 0.2) is 109 Å². The summed E-state index contributed by atoms with van der Waals surface area (Å²) in [6.07, 6.45) is 0. The van der Waals surface area contributed by atoms with Crippen molar-refractivity contribution in [3.05, 3.63) is 143 Å². The molecule has 0 aromatic heterocycles. The Labute approximate surface area is 330 Å². The summed E-state index contributed by atoms with van der Waals surface area (Å²) in [5, 5.41) is 8.12. The quantitative estimate of drug-likeness (QED) is 0.147. The van der Waals surface area contributed by atoms with Gasteiger partial charge >= 0.3 is 0 Å². The van der Waals surface area contributed by atoms with E-state index in [0.717, 1.165) is 0 Å². The maximum atomic E-state index is 2.34. The Kier molecular flexibility index (Phi) is 12.2. The molecule has 0 spiro atoms. The molecule has 0 amide bonds. The Morgan fingerprint density at radius 1 is 0.259 bits per heavy atom. The van der Waals surface area contributed by atoms with Crippen LogP contribution in [0.25, 0.3) is 32.3 Å². The smallest absolute Gasteiger partial charge is 0.0123 e. The third-order valence-electron chi connectivity index (χ3n) is 10.6. The van der Waals surface area contributed by atoms with Gasteiger partial charge < -0.3 is 0 Å². The SMILES string of the molecule is CC(C)(C)c1ccc2cc(C(C)(C)C)ccc2c1.CC(C)(C)c1ccc2ccc(C(C)(C)C)cc2c1.CC(C)(C)c1ccc2ccccc2c1C(C)(C)C. The second-order valence-corrected chi connectivity index (χ2v) is 21.8. The lowest BCUT2D eigenvalue weighted by molar-refractivity contribution is 0.534. The average molecular weight is 721 g/mol. The van der Waals surface area contributed by atoms with E-state index in [-0.39, 0.29) is 32.5 Å². The van der Waals surface area contributed by atoms with Crippen molar-refractivity contribution in [2.75, 3.05) is 0 Å². The van der Waals surface area contributed by atoms with Gasteiger partial charge in [0, 0.05) is 0 Å². The normalized spacial score (nSPS) is 13.0. The van der Waals surface area contributed by atoms with E-state index in [0.29, 0.717) is 0 Å². The standard InChI is InChI=1S/3C18H24/c1-17(2,3)15-9-7-14-12-16(18(4,5)6)10-8-13(14)11-15;1-17(2,3)15-9-7-13-8-10-16(18(4,5)6)12-14(13)11-15;1-17(2,3)15-12-11-13-9-7-8-10-14(13)16(15)18(4,5)6/h3*7-12H,1-6H3. The first-order valence-corrected chi connectivity index (χ1v) is 20.2. The van der Waals surface area contributed by atoms with Gasteiger partial charge in [-0.2, -0.15) is 0 Å². The molecular formula is C54H72. The van der Waals surface area contributed by atoms with Crippen molar-refractivity contribution in [1.29, 1.82) is 0 Å². The lowest BCUT2D eigenvalue weighted by Crippen LogP contribution is -2.22. The van der Waals surface area contributed by atoms with Crippen LogP contribution in [0, 0.1) is 0 Å². The fourth-order valence-corrected chi connectivity index (χ4v) is 7.06. The topological polar surface area (TPSA) is 0 Å². The van der Waals surface area contributed by atoms with Crippen molar-refractivity contribution >= 4 is 32.3 Å². The van der Waals surface area contributed by atoms with Gasteiger partial charge in [-0.15, -0.1) is 0 Å². The van der Waals surface area contributed by atoms with E-state index in [1.807, 2.05) is 0 Å². The Balaban J connectivity index is 0.000000180. The van der Waals surface area contributed by atoms with E-state index in [9.17, 15) is 0 Å². The van der Waals surface area contributed by atoms with E-state index < -0.39 is 0 Å². The molecule has 0 aliphatic carbocycles. The van der Waals surface area contributed by atoms with Crippen molar-refractivity contribution in [3.63, 3.8) is 0 Å². The lowest BCUT2D eigenvalue weighted by atomic mass is 9.73. The zero-order valence-electron chi connectivity index (χ0n) is 37.4. The predicted octanol–water partition coefficient (Wildman–Crippen LogP) is 16.3. The van der Waals surface area contributed by atoms with Crippen molar-refractivity contribution in [2.24, 2.45) is 0 Å². The second-order valence-electron chi connectivity index (χ2n) is 21.8. The molecule has 0 saturated carbocycles. The first-order valence-electron chi connectivity index (χ1n) is 20.2. The highest BCUT2D eigenvalue weighted by atomic mass is 14.3. The van der Waals surface area contributed by atoms with Crippen molar-refractivity contribution in [2.45, 2.75) is 157 Å². The molecule has 54 heavy (non-hydrogen) atoms. The molecule has 288 valence electrons. The van der Waals surface area contributed by atoms with Gasteiger partial charge in [-0.1, -0.05) is 234 Å². The molecule has 0 radical (unpaired) electrons. The third kappa shape index (κ3) is 10.6. The summed E-state index contributed by atoms with van der Waals surface area (Å²) in [6, 6.07) is 40.6. The van der Waals surface area contributed by atoms with Crippen LogP contribution in [0.3, 0.4) is 0 Å². The van der Waals surface area contributed by atoms with Crippen LogP contribution in [0.2, 0.25) is 0 Å². The molecular weight excluding hydrogens is 649 g/mol. The molecule has 0 saturated heterocycles. The van der Waals surface area contributed by atoms with Gasteiger partial charge in [0.1, 0.15) is 0 Å². The summed E-state index contributed by atoms with van der Waals surface area (Å²) < 4.78 is 0. The maximum absolute atomic E-state index is 2.34. The molecule has 0 aliphatic rings. The molecule has 0 heteroatoms. The molecule has 0 atom stereocenters. The molecule has 6 aromatic carbocycles. The van der Waals surface area contributed by atoms with Crippen LogP contribution < -0.4 is 0 Å². The minimum atomic E-state index is 0.170. The molecule has 0 aliphatic heterocycles. The fraction of sp³-hybridized carbons (Fsp3) is 0.444. The summed E-state index contributed by atoms with van der Waals surface area (Å²) in [7, 11) is 0. The molecule has 6 aromatic rings. The van der Waals surface area contributed by atoms with E-state index in [4.69, 9.17) is 0 Å². The summed E-state index contributed by atoms with van der Waals surface area (Å²) in [6.45, 7) is 41.0. The summed E-state index contributed by atoms with van der Waals surface area (Å²) >= 11 is 0. The highest BCUT2D eigenvalue weighted by Crippen LogP contribution is 2.39. The molecule has 0 nitrogen and oxygen atoms in total. The van der Waals surface area contributed by atoms with Crippen LogP contribution in [-0.2, 0) is 32.5 Å². The van der Waals surface area contributed by atoms with Crippen molar-refractivity contribution in [1.82, 2.24) is 0 Å². The van der Waals surface area contributed by atoms with Crippen LogP contribution in [-0.4, -0.2) is 0 Å². The first-order chi connectivity index (χ1) is 24.6. The Hall–Kier alpha value is -3.90. The lowest BCUT2D eigenvalue weighted by Gasteiger charge is -2.31. The molecule has 0 fully saturated rings. The second kappa shape index (κ2) is 15.3. The van der Waals surface area contributed by atoms with Crippen molar-refractivity contribution in [3.8, 4) is 0 Å². The van der Waals surface area contributed by atoms with E-state index >= 15 is 0 Å². The van der Waals surface area contributed by atoms with Gasteiger partial charge in [0.15, 0.2) is 0 Å². The minimum absolute atomic E-state index is 0.170. The fourth-order valence-electron chi connectivity index (χ4n) is 7.06. The van der Waals surface area contributed by atoms with Gasteiger partial charge in [-0.05, 0) is 98.2 Å². The summed E-state index contributed by atoms with van der Waals surface area (Å²) in [5.74, 6) is 0. The number of hydrogen-bond donors (Lipinski definition) is 0. The Bertz CT molecular complexity index is 2090. The first kappa shape index (κ1) is 42.8. The van der Waals surface area contributed by atoms with Gasteiger partial charge in [0.05, 0.1) is 0 Å².